The van der Waals surface area contributed by atoms with Crippen molar-refractivity contribution in [1.29, 1.82) is 0 Å². The second-order valence-corrected chi connectivity index (χ2v) is 11.1. The molecule has 0 aromatic heterocycles. The molecule has 0 saturated heterocycles. The minimum atomic E-state index is 0.0902. The first-order valence-corrected chi connectivity index (χ1v) is 15.0. The van der Waals surface area contributed by atoms with Crippen molar-refractivity contribution < 1.29 is 9.53 Å². The van der Waals surface area contributed by atoms with Gasteiger partial charge in [-0.15, -0.1) is 0 Å². The van der Waals surface area contributed by atoms with Gasteiger partial charge in [0, 0.05) is 6.42 Å². The van der Waals surface area contributed by atoms with Crippen LogP contribution >= 0.6 is 0 Å². The Bertz CT molecular complexity index is 440. The van der Waals surface area contributed by atoms with E-state index in [2.05, 4.69) is 6.92 Å². The van der Waals surface area contributed by atoms with E-state index in [9.17, 15) is 4.79 Å². The summed E-state index contributed by atoms with van der Waals surface area (Å²) in [5.41, 5.74) is 0. The standard InChI is InChI=1S/C30H56O2/c1-2-3-4-5-6-7-8-9-10-11-12-13-14-15-19-26-30(31)32-29-25-21-20-24-28(29)27-22-17-16-18-23-27/h27-29H,2-26H2,1H3/t28-,29-/m0/s1. The summed E-state index contributed by atoms with van der Waals surface area (Å²) in [6, 6.07) is 0. The lowest BCUT2D eigenvalue weighted by molar-refractivity contribution is -0.155. The summed E-state index contributed by atoms with van der Waals surface area (Å²) < 4.78 is 6.04. The van der Waals surface area contributed by atoms with E-state index in [1.807, 2.05) is 0 Å². The molecule has 0 N–H and O–H groups in total. The quantitative estimate of drug-likeness (QED) is 0.154. The summed E-state index contributed by atoms with van der Waals surface area (Å²) >= 11 is 0. The van der Waals surface area contributed by atoms with Gasteiger partial charge in [-0.3, -0.25) is 4.79 Å². The van der Waals surface area contributed by atoms with E-state index in [0.717, 1.165) is 18.8 Å². The molecule has 0 aromatic rings. The van der Waals surface area contributed by atoms with Gasteiger partial charge in [0.2, 0.25) is 0 Å². The molecule has 2 aliphatic rings. The molecule has 0 spiro atoms. The number of hydrogen-bond donors (Lipinski definition) is 0. The average molecular weight is 449 g/mol. The Kier molecular flexibility index (Phi) is 16.3. The highest BCUT2D eigenvalue weighted by Gasteiger charge is 2.34. The zero-order chi connectivity index (χ0) is 22.7. The van der Waals surface area contributed by atoms with Crippen molar-refractivity contribution in [2.24, 2.45) is 11.8 Å². The van der Waals surface area contributed by atoms with Crippen molar-refractivity contribution in [3.63, 3.8) is 0 Å². The summed E-state index contributed by atoms with van der Waals surface area (Å²) in [4.78, 5) is 12.5. The fourth-order valence-corrected chi connectivity index (χ4v) is 6.24. The van der Waals surface area contributed by atoms with Gasteiger partial charge in [-0.2, -0.15) is 0 Å². The van der Waals surface area contributed by atoms with E-state index in [-0.39, 0.29) is 12.1 Å². The molecule has 2 atom stereocenters. The first-order chi connectivity index (χ1) is 15.8. The molecule has 2 nitrogen and oxygen atoms in total. The lowest BCUT2D eigenvalue weighted by Gasteiger charge is -2.38. The molecule has 0 bridgehead atoms. The zero-order valence-electron chi connectivity index (χ0n) is 21.7. The highest BCUT2D eigenvalue weighted by molar-refractivity contribution is 5.69. The van der Waals surface area contributed by atoms with Crippen LogP contribution in [0.4, 0.5) is 0 Å². The van der Waals surface area contributed by atoms with Gasteiger partial charge in [0.15, 0.2) is 0 Å². The van der Waals surface area contributed by atoms with Crippen LogP contribution in [-0.2, 0) is 9.53 Å². The molecule has 0 aliphatic heterocycles. The van der Waals surface area contributed by atoms with Crippen molar-refractivity contribution in [2.75, 3.05) is 0 Å². The van der Waals surface area contributed by atoms with Gasteiger partial charge in [0.25, 0.3) is 0 Å². The van der Waals surface area contributed by atoms with Crippen LogP contribution in [0.3, 0.4) is 0 Å². The van der Waals surface area contributed by atoms with Crippen molar-refractivity contribution >= 4 is 5.97 Å². The number of ether oxygens (including phenoxy) is 1. The van der Waals surface area contributed by atoms with Gasteiger partial charge in [0.05, 0.1) is 0 Å². The Labute approximate surface area is 201 Å². The minimum Gasteiger partial charge on any atom is -0.462 e. The average Bonchev–Trinajstić information content (AvgIpc) is 2.82. The monoisotopic (exact) mass is 448 g/mol. The normalized spacial score (nSPS) is 22.2. The molecule has 2 aliphatic carbocycles. The van der Waals surface area contributed by atoms with E-state index >= 15 is 0 Å². The van der Waals surface area contributed by atoms with Crippen molar-refractivity contribution in [3.05, 3.63) is 0 Å². The molecule has 0 amide bonds. The predicted octanol–water partition coefficient (Wildman–Crippen LogP) is 9.93. The second kappa shape index (κ2) is 18.8. The number of unbranched alkanes of at least 4 members (excludes halogenated alkanes) is 14. The predicted molar refractivity (Wildman–Crippen MR) is 138 cm³/mol. The van der Waals surface area contributed by atoms with Crippen LogP contribution in [-0.4, -0.2) is 12.1 Å². The third-order valence-electron chi connectivity index (χ3n) is 8.28. The fourth-order valence-electron chi connectivity index (χ4n) is 6.24. The summed E-state index contributed by atoms with van der Waals surface area (Å²) in [6.45, 7) is 2.29. The van der Waals surface area contributed by atoms with Crippen molar-refractivity contribution in [3.8, 4) is 0 Å². The fraction of sp³-hybridized carbons (Fsp3) is 0.967. The Morgan fingerprint density at radius 3 is 1.62 bits per heavy atom. The SMILES string of the molecule is CCCCCCCCCCCCCCCCCC(=O)O[C@H]1CCCC[C@H]1C1CCCCC1. The maximum Gasteiger partial charge on any atom is 0.306 e. The number of carbonyl (C=O) groups is 1. The van der Waals surface area contributed by atoms with Crippen LogP contribution in [0.2, 0.25) is 0 Å². The van der Waals surface area contributed by atoms with Crippen LogP contribution in [0.5, 0.6) is 0 Å². The van der Waals surface area contributed by atoms with Crippen molar-refractivity contribution in [1.82, 2.24) is 0 Å². The maximum absolute atomic E-state index is 12.5. The molecule has 32 heavy (non-hydrogen) atoms. The maximum atomic E-state index is 12.5. The first-order valence-electron chi connectivity index (χ1n) is 15.0. The molecule has 0 unspecified atom stereocenters. The van der Waals surface area contributed by atoms with E-state index in [0.29, 0.717) is 12.3 Å². The van der Waals surface area contributed by atoms with Crippen LogP contribution in [0.15, 0.2) is 0 Å². The van der Waals surface area contributed by atoms with E-state index < -0.39 is 0 Å². The lowest BCUT2D eigenvalue weighted by atomic mass is 9.72. The van der Waals surface area contributed by atoms with Crippen LogP contribution in [0, 0.1) is 11.8 Å². The number of rotatable bonds is 18. The highest BCUT2D eigenvalue weighted by Crippen LogP contribution is 2.39. The van der Waals surface area contributed by atoms with Crippen LogP contribution < -0.4 is 0 Å². The van der Waals surface area contributed by atoms with Crippen molar-refractivity contribution in [2.45, 2.75) is 174 Å². The van der Waals surface area contributed by atoms with Crippen LogP contribution in [0.25, 0.3) is 0 Å². The highest BCUT2D eigenvalue weighted by atomic mass is 16.5. The van der Waals surface area contributed by atoms with E-state index in [1.54, 1.807) is 0 Å². The molecular weight excluding hydrogens is 392 g/mol. The largest absolute Gasteiger partial charge is 0.462 e. The third-order valence-corrected chi connectivity index (χ3v) is 8.28. The van der Waals surface area contributed by atoms with Gasteiger partial charge in [-0.25, -0.2) is 0 Å². The summed E-state index contributed by atoms with van der Waals surface area (Å²) in [6.07, 6.45) is 33.3. The first kappa shape index (κ1) is 27.7. The topological polar surface area (TPSA) is 26.3 Å². The van der Waals surface area contributed by atoms with Gasteiger partial charge >= 0.3 is 5.97 Å². The minimum absolute atomic E-state index is 0.0902. The summed E-state index contributed by atoms with van der Waals surface area (Å²) in [7, 11) is 0. The Balaban J connectivity index is 1.39. The molecule has 2 rings (SSSR count). The van der Waals surface area contributed by atoms with Gasteiger partial charge in [0.1, 0.15) is 6.10 Å². The number of esters is 1. The molecule has 2 fully saturated rings. The Morgan fingerprint density at radius 1 is 0.594 bits per heavy atom. The van der Waals surface area contributed by atoms with Gasteiger partial charge in [-0.05, 0) is 37.5 Å². The summed E-state index contributed by atoms with van der Waals surface area (Å²) in [5.74, 6) is 1.58. The smallest absolute Gasteiger partial charge is 0.306 e. The van der Waals surface area contributed by atoms with E-state index in [4.69, 9.17) is 4.74 Å². The number of hydrogen-bond acceptors (Lipinski definition) is 2. The molecule has 0 radical (unpaired) electrons. The second-order valence-electron chi connectivity index (χ2n) is 11.1. The van der Waals surface area contributed by atoms with E-state index in [1.165, 1.54) is 141 Å². The molecule has 0 aromatic carbocycles. The Morgan fingerprint density at radius 2 is 1.06 bits per heavy atom. The molecule has 0 heterocycles. The molecule has 2 saturated carbocycles. The molecule has 188 valence electrons. The molecule has 2 heteroatoms. The zero-order valence-corrected chi connectivity index (χ0v) is 21.7. The van der Waals surface area contributed by atoms with Gasteiger partial charge < -0.3 is 4.74 Å². The lowest BCUT2D eigenvalue weighted by Crippen LogP contribution is -2.35. The van der Waals surface area contributed by atoms with Gasteiger partial charge in [-0.1, -0.05) is 135 Å². The number of carbonyl (C=O) groups excluding carboxylic acids is 1. The molecular formula is C30H56O2. The summed E-state index contributed by atoms with van der Waals surface area (Å²) in [5, 5.41) is 0. The van der Waals surface area contributed by atoms with Crippen LogP contribution in [0.1, 0.15) is 167 Å². The third kappa shape index (κ3) is 12.6. The Hall–Kier alpha value is -0.530.